The number of benzene rings is 1. The minimum Gasteiger partial charge on any atom is -0.504 e. The highest BCUT2D eigenvalue weighted by Crippen LogP contribution is 2.30. The number of phenolic OH excluding ortho intramolecular Hbond substituents is 2. The van der Waals surface area contributed by atoms with Crippen LogP contribution in [0.2, 0.25) is 0 Å². The fourth-order valence-corrected chi connectivity index (χ4v) is 3.68. The van der Waals surface area contributed by atoms with Gasteiger partial charge in [-0.1, -0.05) is 18.9 Å². The van der Waals surface area contributed by atoms with E-state index in [9.17, 15) is 35.4 Å². The van der Waals surface area contributed by atoms with Crippen LogP contribution in [0.15, 0.2) is 24.3 Å². The molecule has 1 aliphatic carbocycles. The summed E-state index contributed by atoms with van der Waals surface area (Å²) >= 11 is 0. The molecule has 1 heterocycles. The number of rotatable bonds is 6. The normalized spacial score (nSPS) is 34.0. The molecule has 0 unspecified atom stereocenters. The van der Waals surface area contributed by atoms with E-state index in [4.69, 9.17) is 14.2 Å². The number of hydrogen-bond donors (Lipinski definition) is 6. The van der Waals surface area contributed by atoms with Gasteiger partial charge in [-0.05, 0) is 36.6 Å². The first-order chi connectivity index (χ1) is 14.8. The van der Waals surface area contributed by atoms with E-state index in [1.54, 1.807) is 0 Å². The molecule has 7 atom stereocenters. The Hall–Kier alpha value is -2.21. The predicted octanol–water partition coefficient (Wildman–Crippen LogP) is -0.218. The van der Waals surface area contributed by atoms with Crippen LogP contribution < -0.4 is 0 Å². The highest BCUT2D eigenvalue weighted by atomic mass is 16.7. The van der Waals surface area contributed by atoms with Gasteiger partial charge in [-0.25, -0.2) is 4.79 Å². The molecule has 0 radical (unpaired) electrons. The topological polar surface area (TPSA) is 166 Å². The number of aromatic hydroxyl groups is 2. The van der Waals surface area contributed by atoms with Crippen molar-refractivity contribution < 1.29 is 49.6 Å². The van der Waals surface area contributed by atoms with Crippen LogP contribution in [0.5, 0.6) is 11.5 Å². The van der Waals surface area contributed by atoms with E-state index in [0.29, 0.717) is 18.4 Å². The fraction of sp³-hybridized carbons (Fsp3) is 0.571. The van der Waals surface area contributed by atoms with Gasteiger partial charge in [-0.3, -0.25) is 0 Å². The molecule has 2 aliphatic rings. The Morgan fingerprint density at radius 1 is 1.10 bits per heavy atom. The zero-order valence-corrected chi connectivity index (χ0v) is 16.8. The number of hydrogen-bond acceptors (Lipinski definition) is 10. The monoisotopic (exact) mass is 440 g/mol. The third-order valence-electron chi connectivity index (χ3n) is 5.46. The van der Waals surface area contributed by atoms with E-state index in [0.717, 1.165) is 18.9 Å². The summed E-state index contributed by atoms with van der Waals surface area (Å²) in [5, 5.41) is 59.0. The molecule has 1 aromatic rings. The highest BCUT2D eigenvalue weighted by Gasteiger charge is 2.48. The van der Waals surface area contributed by atoms with Crippen molar-refractivity contribution in [3.05, 3.63) is 29.8 Å². The molecule has 6 N–H and O–H groups in total. The van der Waals surface area contributed by atoms with Crippen LogP contribution in [0, 0.1) is 0 Å². The molecular weight excluding hydrogens is 412 g/mol. The Morgan fingerprint density at radius 3 is 2.52 bits per heavy atom. The van der Waals surface area contributed by atoms with Crippen LogP contribution in [0.1, 0.15) is 31.2 Å². The number of carbonyl (C=O) groups excluding carboxylic acids is 1. The molecule has 0 bridgehead atoms. The second kappa shape index (κ2) is 10.4. The molecule has 10 nitrogen and oxygen atoms in total. The van der Waals surface area contributed by atoms with Crippen molar-refractivity contribution in [2.24, 2.45) is 0 Å². The van der Waals surface area contributed by atoms with Crippen molar-refractivity contribution in [1.82, 2.24) is 0 Å². The molecule has 0 spiro atoms. The third kappa shape index (κ3) is 5.73. The smallest absolute Gasteiger partial charge is 0.331 e. The average Bonchev–Trinajstić information content (AvgIpc) is 2.75. The van der Waals surface area contributed by atoms with Gasteiger partial charge in [0.15, 0.2) is 23.9 Å². The summed E-state index contributed by atoms with van der Waals surface area (Å²) in [6.07, 6.45) is -3.17. The summed E-state index contributed by atoms with van der Waals surface area (Å²) < 4.78 is 16.6. The van der Waals surface area contributed by atoms with Crippen LogP contribution in [0.4, 0.5) is 0 Å². The molecule has 1 saturated carbocycles. The number of aliphatic hydroxyl groups is 4. The van der Waals surface area contributed by atoms with E-state index >= 15 is 0 Å². The van der Waals surface area contributed by atoms with Crippen LogP contribution >= 0.6 is 0 Å². The van der Waals surface area contributed by atoms with Crippen LogP contribution in [-0.4, -0.2) is 86.1 Å². The van der Waals surface area contributed by atoms with Crippen LogP contribution in [0.3, 0.4) is 0 Å². The van der Waals surface area contributed by atoms with Gasteiger partial charge < -0.3 is 44.8 Å². The lowest BCUT2D eigenvalue weighted by Crippen LogP contribution is -2.61. The Kier molecular flexibility index (Phi) is 7.87. The summed E-state index contributed by atoms with van der Waals surface area (Å²) in [6.45, 7) is -0.587. The van der Waals surface area contributed by atoms with Gasteiger partial charge in [0.2, 0.25) is 0 Å². The quantitative estimate of drug-likeness (QED) is 0.198. The number of ether oxygens (including phenoxy) is 3. The fourth-order valence-electron chi connectivity index (χ4n) is 3.68. The molecule has 10 heteroatoms. The highest BCUT2D eigenvalue weighted by molar-refractivity contribution is 5.87. The average molecular weight is 440 g/mol. The van der Waals surface area contributed by atoms with Crippen LogP contribution in [0.25, 0.3) is 6.08 Å². The largest absolute Gasteiger partial charge is 0.504 e. The Labute approximate surface area is 178 Å². The van der Waals surface area contributed by atoms with E-state index in [1.165, 1.54) is 24.3 Å². The first kappa shape index (κ1) is 23.5. The maximum atomic E-state index is 12.3. The molecule has 31 heavy (non-hydrogen) atoms. The summed E-state index contributed by atoms with van der Waals surface area (Å²) in [7, 11) is 0. The van der Waals surface area contributed by atoms with Gasteiger partial charge >= 0.3 is 5.97 Å². The molecule has 3 rings (SSSR count). The molecule has 1 aliphatic heterocycles. The van der Waals surface area contributed by atoms with Crippen molar-refractivity contribution in [2.45, 2.75) is 68.6 Å². The molecule has 1 saturated heterocycles. The van der Waals surface area contributed by atoms with Gasteiger partial charge in [0.1, 0.15) is 18.3 Å². The molecule has 0 aromatic heterocycles. The number of phenols is 2. The van der Waals surface area contributed by atoms with Gasteiger partial charge in [-0.2, -0.15) is 0 Å². The summed E-state index contributed by atoms with van der Waals surface area (Å²) in [5.41, 5.74) is 0.409. The predicted molar refractivity (Wildman–Crippen MR) is 106 cm³/mol. The van der Waals surface area contributed by atoms with Crippen molar-refractivity contribution in [3.8, 4) is 11.5 Å². The van der Waals surface area contributed by atoms with Crippen molar-refractivity contribution in [3.63, 3.8) is 0 Å². The second-order valence-corrected chi connectivity index (χ2v) is 7.72. The van der Waals surface area contributed by atoms with Crippen molar-refractivity contribution in [2.75, 3.05) is 6.61 Å². The third-order valence-corrected chi connectivity index (χ3v) is 5.46. The van der Waals surface area contributed by atoms with Gasteiger partial charge in [0.05, 0.1) is 18.8 Å². The Bertz CT molecular complexity index is 781. The first-order valence-corrected chi connectivity index (χ1v) is 10.2. The van der Waals surface area contributed by atoms with Gasteiger partial charge in [0, 0.05) is 6.08 Å². The maximum absolute atomic E-state index is 12.3. The van der Waals surface area contributed by atoms with E-state index < -0.39 is 55.5 Å². The lowest BCUT2D eigenvalue weighted by Gasteiger charge is -2.43. The van der Waals surface area contributed by atoms with E-state index in [-0.39, 0.29) is 11.5 Å². The lowest BCUT2D eigenvalue weighted by atomic mass is 9.94. The zero-order valence-electron chi connectivity index (χ0n) is 16.8. The molecule has 2 fully saturated rings. The first-order valence-electron chi connectivity index (χ1n) is 10.2. The molecule has 172 valence electrons. The van der Waals surface area contributed by atoms with Crippen LogP contribution in [-0.2, 0) is 19.0 Å². The minimum absolute atomic E-state index is 0.306. The van der Waals surface area contributed by atoms with Gasteiger partial charge in [-0.15, -0.1) is 0 Å². The standard InChI is InChI=1S/C21H28O10/c22-10-16-18(27)19(28)20(21(30-16)29-15-4-2-1-3-13(15)24)31-17(26)8-6-11-5-7-12(23)14(25)9-11/h5-9,13,15-16,18-25,27-28H,1-4,10H2/t13-,15-,16-,18-,19+,20+,21-/m1/s1. The van der Waals surface area contributed by atoms with Gasteiger partial charge in [0.25, 0.3) is 0 Å². The summed E-state index contributed by atoms with van der Waals surface area (Å²) in [6, 6.07) is 3.96. The maximum Gasteiger partial charge on any atom is 0.331 e. The lowest BCUT2D eigenvalue weighted by molar-refractivity contribution is -0.320. The van der Waals surface area contributed by atoms with Crippen molar-refractivity contribution in [1.29, 1.82) is 0 Å². The zero-order chi connectivity index (χ0) is 22.5. The molecular formula is C21H28O10. The molecule has 1 aromatic carbocycles. The minimum atomic E-state index is -1.59. The second-order valence-electron chi connectivity index (χ2n) is 7.72. The van der Waals surface area contributed by atoms with E-state index in [1.807, 2.05) is 0 Å². The SMILES string of the molecule is O=C(C=Cc1ccc(O)c(O)c1)O[C@@H]1[C@H](O[C@@H]2CCCC[C@H]2O)O[C@H](CO)[C@@H](O)[C@@H]1O. The van der Waals surface area contributed by atoms with E-state index in [2.05, 4.69) is 0 Å². The van der Waals surface area contributed by atoms with Crippen molar-refractivity contribution >= 4 is 12.0 Å². The summed E-state index contributed by atoms with van der Waals surface area (Å²) in [4.78, 5) is 12.3. The Morgan fingerprint density at radius 2 is 1.84 bits per heavy atom. The summed E-state index contributed by atoms with van der Waals surface area (Å²) in [5.74, 6) is -1.54. The number of carbonyl (C=O) groups is 1. The Balaban J connectivity index is 1.71. The molecule has 0 amide bonds. The number of esters is 1. The number of aliphatic hydroxyl groups excluding tert-OH is 4.